The van der Waals surface area contributed by atoms with Crippen LogP contribution < -0.4 is 10.1 Å². The number of aromatic nitrogens is 1. The molecule has 0 saturated carbocycles. The zero-order valence-electron chi connectivity index (χ0n) is 12.9. The van der Waals surface area contributed by atoms with E-state index in [0.717, 1.165) is 37.4 Å². The summed E-state index contributed by atoms with van der Waals surface area (Å²) in [5.74, 6) is 0.949. The monoisotopic (exact) mass is 284 g/mol. The Labute approximate surface area is 127 Å². The molecule has 1 atom stereocenters. The van der Waals surface area contributed by atoms with E-state index in [-0.39, 0.29) is 6.04 Å². The summed E-state index contributed by atoms with van der Waals surface area (Å²) in [6.45, 7) is 5.92. The molecule has 1 heterocycles. The smallest absolute Gasteiger partial charge is 0.119 e. The molecule has 2 aromatic rings. The second kappa shape index (κ2) is 8.42. The second-order valence-electron chi connectivity index (χ2n) is 5.20. The maximum atomic E-state index is 5.67. The minimum atomic E-state index is 0.242. The average Bonchev–Trinajstić information content (AvgIpc) is 2.55. The van der Waals surface area contributed by atoms with Gasteiger partial charge in [-0.15, -0.1) is 0 Å². The van der Waals surface area contributed by atoms with Gasteiger partial charge in [0.25, 0.3) is 0 Å². The fourth-order valence-electron chi connectivity index (χ4n) is 2.05. The predicted molar refractivity (Wildman–Crippen MR) is 86.3 cm³/mol. The topological polar surface area (TPSA) is 34.1 Å². The van der Waals surface area contributed by atoms with Crippen LogP contribution in [0, 0.1) is 0 Å². The molecule has 1 aromatic carbocycles. The molecule has 2 rings (SSSR count). The summed E-state index contributed by atoms with van der Waals surface area (Å²) in [6, 6.07) is 14.5. The Morgan fingerprint density at radius 1 is 1.14 bits per heavy atom. The number of nitrogens with zero attached hydrogens (tertiary/aromatic N) is 1. The third-order valence-electron chi connectivity index (χ3n) is 3.43. The van der Waals surface area contributed by atoms with Crippen molar-refractivity contribution in [3.63, 3.8) is 0 Å². The zero-order chi connectivity index (χ0) is 14.9. The van der Waals surface area contributed by atoms with E-state index in [4.69, 9.17) is 4.74 Å². The Morgan fingerprint density at radius 2 is 1.95 bits per heavy atom. The lowest BCUT2D eigenvalue weighted by Crippen LogP contribution is -2.18. The molecular weight excluding hydrogens is 260 g/mol. The Morgan fingerprint density at radius 3 is 2.62 bits per heavy atom. The third kappa shape index (κ3) is 5.20. The van der Waals surface area contributed by atoms with Crippen molar-refractivity contribution in [1.82, 2.24) is 10.3 Å². The molecule has 0 spiro atoms. The van der Waals surface area contributed by atoms with E-state index in [0.29, 0.717) is 0 Å². The van der Waals surface area contributed by atoms with Gasteiger partial charge in [0.1, 0.15) is 5.75 Å². The molecule has 0 unspecified atom stereocenters. The molecule has 0 fully saturated rings. The Bertz CT molecular complexity index is 511. The van der Waals surface area contributed by atoms with E-state index in [1.54, 1.807) is 0 Å². The molecule has 0 amide bonds. The number of benzene rings is 1. The van der Waals surface area contributed by atoms with Crippen LogP contribution in [-0.4, -0.2) is 11.6 Å². The highest BCUT2D eigenvalue weighted by Gasteiger charge is 2.05. The lowest BCUT2D eigenvalue weighted by Gasteiger charge is -2.13. The number of nitrogens with one attached hydrogen (secondary N) is 1. The van der Waals surface area contributed by atoms with Crippen LogP contribution in [0.25, 0.3) is 0 Å². The molecule has 0 saturated heterocycles. The first kappa shape index (κ1) is 15.5. The first-order valence-electron chi connectivity index (χ1n) is 7.65. The van der Waals surface area contributed by atoms with Gasteiger partial charge < -0.3 is 10.1 Å². The van der Waals surface area contributed by atoms with E-state index < -0.39 is 0 Å². The lowest BCUT2D eigenvalue weighted by atomic mass is 10.1. The molecule has 0 aliphatic heterocycles. The van der Waals surface area contributed by atoms with Crippen LogP contribution in [0.15, 0.2) is 48.7 Å². The van der Waals surface area contributed by atoms with Crippen molar-refractivity contribution in [2.75, 3.05) is 6.61 Å². The lowest BCUT2D eigenvalue weighted by molar-refractivity contribution is 0.309. The highest BCUT2D eigenvalue weighted by molar-refractivity contribution is 5.27. The molecule has 0 radical (unpaired) electrons. The number of hydrogen-bond donors (Lipinski definition) is 1. The molecule has 0 bridgehead atoms. The summed E-state index contributed by atoms with van der Waals surface area (Å²) in [5, 5.41) is 3.48. The van der Waals surface area contributed by atoms with Gasteiger partial charge in [-0.05, 0) is 43.2 Å². The summed E-state index contributed by atoms with van der Waals surface area (Å²) < 4.78 is 5.67. The minimum Gasteiger partial charge on any atom is -0.494 e. The maximum absolute atomic E-state index is 5.67. The van der Waals surface area contributed by atoms with Gasteiger partial charge in [-0.3, -0.25) is 4.98 Å². The zero-order valence-corrected chi connectivity index (χ0v) is 12.9. The van der Waals surface area contributed by atoms with Gasteiger partial charge in [0.2, 0.25) is 0 Å². The van der Waals surface area contributed by atoms with Crippen LogP contribution >= 0.6 is 0 Å². The first-order chi connectivity index (χ1) is 10.3. The Balaban J connectivity index is 1.80. The first-order valence-corrected chi connectivity index (χ1v) is 7.65. The van der Waals surface area contributed by atoms with Crippen molar-refractivity contribution in [2.45, 2.75) is 39.3 Å². The molecule has 1 N–H and O–H groups in total. The molecule has 3 heteroatoms. The Kier molecular flexibility index (Phi) is 6.22. The number of rotatable bonds is 8. The van der Waals surface area contributed by atoms with E-state index in [1.165, 1.54) is 5.56 Å². The van der Waals surface area contributed by atoms with Crippen LogP contribution in [0.4, 0.5) is 0 Å². The molecule has 112 valence electrons. The van der Waals surface area contributed by atoms with Gasteiger partial charge in [0.15, 0.2) is 0 Å². The van der Waals surface area contributed by atoms with Crippen LogP contribution in [0.2, 0.25) is 0 Å². The predicted octanol–water partition coefficient (Wildman–Crippen LogP) is 4.11. The quantitative estimate of drug-likeness (QED) is 0.741. The van der Waals surface area contributed by atoms with Crippen molar-refractivity contribution >= 4 is 0 Å². The average molecular weight is 284 g/mol. The third-order valence-corrected chi connectivity index (χ3v) is 3.43. The maximum Gasteiger partial charge on any atom is 0.119 e. The fourth-order valence-corrected chi connectivity index (χ4v) is 2.05. The van der Waals surface area contributed by atoms with Crippen LogP contribution in [-0.2, 0) is 6.54 Å². The largest absolute Gasteiger partial charge is 0.494 e. The van der Waals surface area contributed by atoms with Gasteiger partial charge >= 0.3 is 0 Å². The van der Waals surface area contributed by atoms with Gasteiger partial charge in [-0.1, -0.05) is 31.5 Å². The molecule has 1 aromatic heterocycles. The fraction of sp³-hybridized carbons (Fsp3) is 0.389. The molecule has 21 heavy (non-hydrogen) atoms. The highest BCUT2D eigenvalue weighted by atomic mass is 16.5. The summed E-state index contributed by atoms with van der Waals surface area (Å²) in [5.41, 5.74) is 2.32. The van der Waals surface area contributed by atoms with E-state index in [9.17, 15) is 0 Å². The van der Waals surface area contributed by atoms with Gasteiger partial charge in [0.05, 0.1) is 12.3 Å². The van der Waals surface area contributed by atoms with Gasteiger partial charge in [0, 0.05) is 18.8 Å². The van der Waals surface area contributed by atoms with Crippen LogP contribution in [0.5, 0.6) is 5.75 Å². The van der Waals surface area contributed by atoms with E-state index in [1.807, 2.05) is 36.5 Å². The van der Waals surface area contributed by atoms with E-state index in [2.05, 4.69) is 36.3 Å². The summed E-state index contributed by atoms with van der Waals surface area (Å²) in [6.07, 6.45) is 4.09. The molecule has 0 aliphatic rings. The standard InChI is InChI=1S/C18H24N2O/c1-3-4-13-21-17-10-8-16(9-11-17)14-20-15(2)18-7-5-6-12-19-18/h5-12,15,20H,3-4,13-14H2,1-2H3/t15-/m1/s1. The van der Waals surface area contributed by atoms with Crippen LogP contribution in [0.1, 0.15) is 44.0 Å². The van der Waals surface area contributed by atoms with E-state index >= 15 is 0 Å². The van der Waals surface area contributed by atoms with Crippen molar-refractivity contribution in [2.24, 2.45) is 0 Å². The van der Waals surface area contributed by atoms with Crippen molar-refractivity contribution in [3.05, 3.63) is 59.9 Å². The number of pyridine rings is 1. The van der Waals surface area contributed by atoms with Gasteiger partial charge in [-0.2, -0.15) is 0 Å². The number of ether oxygens (including phenoxy) is 1. The summed E-state index contributed by atoms with van der Waals surface area (Å²) >= 11 is 0. The molecule has 0 aliphatic carbocycles. The van der Waals surface area contributed by atoms with Crippen LogP contribution in [0.3, 0.4) is 0 Å². The van der Waals surface area contributed by atoms with Crippen molar-refractivity contribution in [3.8, 4) is 5.75 Å². The molecular formula is C18H24N2O. The number of hydrogen-bond acceptors (Lipinski definition) is 3. The normalized spacial score (nSPS) is 12.1. The Hall–Kier alpha value is -1.87. The highest BCUT2D eigenvalue weighted by Crippen LogP contribution is 2.14. The molecule has 3 nitrogen and oxygen atoms in total. The second-order valence-corrected chi connectivity index (χ2v) is 5.20. The van der Waals surface area contributed by atoms with Crippen molar-refractivity contribution < 1.29 is 4.74 Å². The van der Waals surface area contributed by atoms with Gasteiger partial charge in [-0.25, -0.2) is 0 Å². The van der Waals surface area contributed by atoms with Crippen molar-refractivity contribution in [1.29, 1.82) is 0 Å². The minimum absolute atomic E-state index is 0.242. The summed E-state index contributed by atoms with van der Waals surface area (Å²) in [7, 11) is 0. The number of unbranched alkanes of at least 4 members (excludes halogenated alkanes) is 1. The SMILES string of the molecule is CCCCOc1ccc(CN[C@H](C)c2ccccn2)cc1. The summed E-state index contributed by atoms with van der Waals surface area (Å²) in [4.78, 5) is 4.36.